The van der Waals surface area contributed by atoms with E-state index >= 15 is 0 Å². The van der Waals surface area contributed by atoms with Crippen LogP contribution in [0.3, 0.4) is 0 Å². The molecule has 0 saturated carbocycles. The molecule has 5 nitrogen and oxygen atoms in total. The summed E-state index contributed by atoms with van der Waals surface area (Å²) < 4.78 is 5.31. The van der Waals surface area contributed by atoms with Crippen LogP contribution in [0.2, 0.25) is 0 Å². The van der Waals surface area contributed by atoms with E-state index < -0.39 is 0 Å². The Balaban J connectivity index is 1.86. The van der Waals surface area contributed by atoms with Crippen LogP contribution < -0.4 is 5.32 Å². The molecule has 2 fully saturated rings. The van der Waals surface area contributed by atoms with E-state index in [0.29, 0.717) is 6.04 Å². The number of hydrogen-bond acceptors (Lipinski definition) is 3. The van der Waals surface area contributed by atoms with Gasteiger partial charge in [-0.2, -0.15) is 0 Å². The maximum atomic E-state index is 12.2. The van der Waals surface area contributed by atoms with Crippen molar-refractivity contribution in [1.29, 1.82) is 0 Å². The maximum absolute atomic E-state index is 12.2. The molecule has 0 aliphatic carbocycles. The van der Waals surface area contributed by atoms with Crippen LogP contribution in [0.4, 0.5) is 4.79 Å². The van der Waals surface area contributed by atoms with Gasteiger partial charge in [-0.3, -0.25) is 0 Å². The summed E-state index contributed by atoms with van der Waals surface area (Å²) in [4.78, 5) is 16.0. The number of ether oxygens (including phenoxy) is 1. The predicted molar refractivity (Wildman–Crippen MR) is 61.4 cm³/mol. The lowest BCUT2D eigenvalue weighted by atomic mass is 10.1. The lowest BCUT2D eigenvalue weighted by molar-refractivity contribution is 0.0457. The minimum atomic E-state index is 0.174. The van der Waals surface area contributed by atoms with Gasteiger partial charge in [0.25, 0.3) is 0 Å². The molecule has 0 bridgehead atoms. The number of rotatable bonds is 1. The topological polar surface area (TPSA) is 44.8 Å². The van der Waals surface area contributed by atoms with Crippen LogP contribution in [0.1, 0.15) is 12.8 Å². The molecule has 1 N–H and O–H groups in total. The van der Waals surface area contributed by atoms with Crippen LogP contribution in [0.15, 0.2) is 0 Å². The van der Waals surface area contributed by atoms with Crippen molar-refractivity contribution in [2.45, 2.75) is 18.9 Å². The minimum absolute atomic E-state index is 0.174. The molecule has 0 unspecified atom stereocenters. The number of nitrogens with one attached hydrogen (secondary N) is 1. The molecule has 0 spiro atoms. The van der Waals surface area contributed by atoms with Crippen molar-refractivity contribution < 1.29 is 9.53 Å². The van der Waals surface area contributed by atoms with E-state index in [1.807, 2.05) is 16.8 Å². The van der Waals surface area contributed by atoms with Gasteiger partial charge in [0.2, 0.25) is 0 Å². The number of carbonyl (C=O) groups is 1. The number of nitrogens with zero attached hydrogens (tertiary/aromatic N) is 2. The van der Waals surface area contributed by atoms with E-state index in [9.17, 15) is 4.79 Å². The Morgan fingerprint density at radius 2 is 1.94 bits per heavy atom. The van der Waals surface area contributed by atoms with Gasteiger partial charge in [0, 0.05) is 52.5 Å². The van der Waals surface area contributed by atoms with Crippen molar-refractivity contribution in [3.63, 3.8) is 0 Å². The van der Waals surface area contributed by atoms with E-state index in [2.05, 4.69) is 5.32 Å². The summed E-state index contributed by atoms with van der Waals surface area (Å²) in [5.74, 6) is 0. The monoisotopic (exact) mass is 227 g/mol. The fourth-order valence-electron chi connectivity index (χ4n) is 2.31. The maximum Gasteiger partial charge on any atom is 0.320 e. The molecule has 2 saturated heterocycles. The second kappa shape index (κ2) is 5.50. The van der Waals surface area contributed by atoms with E-state index in [0.717, 1.165) is 52.2 Å². The fraction of sp³-hybridized carbons (Fsp3) is 0.909. The Labute approximate surface area is 96.7 Å². The molecule has 0 atom stereocenters. The standard InChI is InChI=1S/C11H21N3O2/c1-13(10-2-8-16-9-3-10)11(15)14-6-4-12-5-7-14/h10,12H,2-9H2,1H3. The Hall–Kier alpha value is -0.810. The Bertz CT molecular complexity index is 235. The molecule has 2 heterocycles. The van der Waals surface area contributed by atoms with Crippen molar-refractivity contribution >= 4 is 6.03 Å². The van der Waals surface area contributed by atoms with Gasteiger partial charge in [0.05, 0.1) is 0 Å². The van der Waals surface area contributed by atoms with Crippen LogP contribution in [0.5, 0.6) is 0 Å². The lowest BCUT2D eigenvalue weighted by Crippen LogP contribution is -2.53. The largest absolute Gasteiger partial charge is 0.381 e. The van der Waals surface area contributed by atoms with Gasteiger partial charge in [-0.25, -0.2) is 4.79 Å². The van der Waals surface area contributed by atoms with Gasteiger partial charge in [-0.05, 0) is 12.8 Å². The average Bonchev–Trinajstić information content (AvgIpc) is 2.39. The van der Waals surface area contributed by atoms with Crippen LogP contribution in [0.25, 0.3) is 0 Å². The van der Waals surface area contributed by atoms with Crippen LogP contribution in [-0.2, 0) is 4.74 Å². The summed E-state index contributed by atoms with van der Waals surface area (Å²) in [6.07, 6.45) is 1.93. The molecule has 2 aliphatic heterocycles. The molecule has 2 aliphatic rings. The predicted octanol–water partition coefficient (Wildman–Crippen LogP) is 0.122. The summed E-state index contributed by atoms with van der Waals surface area (Å²) in [5, 5.41) is 3.26. The van der Waals surface area contributed by atoms with Gasteiger partial charge in [-0.15, -0.1) is 0 Å². The molecule has 0 aromatic rings. The number of piperazine rings is 1. The van der Waals surface area contributed by atoms with Gasteiger partial charge >= 0.3 is 6.03 Å². The fourth-order valence-corrected chi connectivity index (χ4v) is 2.31. The summed E-state index contributed by atoms with van der Waals surface area (Å²) >= 11 is 0. The summed E-state index contributed by atoms with van der Waals surface area (Å²) in [5.41, 5.74) is 0. The number of amides is 2. The molecule has 5 heteroatoms. The molecule has 2 amide bonds. The summed E-state index contributed by atoms with van der Waals surface area (Å²) in [6.45, 7) is 5.03. The first kappa shape index (κ1) is 11.7. The lowest BCUT2D eigenvalue weighted by Gasteiger charge is -2.36. The normalized spacial score (nSPS) is 23.2. The first-order valence-electron chi connectivity index (χ1n) is 6.09. The second-order valence-electron chi connectivity index (χ2n) is 4.47. The van der Waals surface area contributed by atoms with Crippen molar-refractivity contribution in [1.82, 2.24) is 15.1 Å². The second-order valence-corrected chi connectivity index (χ2v) is 4.47. The molecular weight excluding hydrogens is 206 g/mol. The van der Waals surface area contributed by atoms with Crippen LogP contribution in [0, 0.1) is 0 Å². The third-order valence-corrected chi connectivity index (χ3v) is 3.43. The van der Waals surface area contributed by atoms with Crippen molar-refractivity contribution in [2.75, 3.05) is 46.4 Å². The number of urea groups is 1. The summed E-state index contributed by atoms with van der Waals surface area (Å²) in [7, 11) is 1.92. The van der Waals surface area contributed by atoms with Gasteiger partial charge in [-0.1, -0.05) is 0 Å². The minimum Gasteiger partial charge on any atom is -0.381 e. The highest BCUT2D eigenvalue weighted by molar-refractivity contribution is 5.74. The quantitative estimate of drug-likeness (QED) is 0.692. The van der Waals surface area contributed by atoms with Crippen molar-refractivity contribution in [3.05, 3.63) is 0 Å². The van der Waals surface area contributed by atoms with Crippen molar-refractivity contribution in [3.8, 4) is 0 Å². The number of hydrogen-bond donors (Lipinski definition) is 1. The summed E-state index contributed by atoms with van der Waals surface area (Å²) in [6, 6.07) is 0.532. The van der Waals surface area contributed by atoms with E-state index in [1.165, 1.54) is 0 Å². The van der Waals surface area contributed by atoms with E-state index in [4.69, 9.17) is 4.74 Å². The zero-order chi connectivity index (χ0) is 11.4. The highest BCUT2D eigenvalue weighted by Gasteiger charge is 2.26. The van der Waals surface area contributed by atoms with Crippen molar-refractivity contribution in [2.24, 2.45) is 0 Å². The highest BCUT2D eigenvalue weighted by Crippen LogP contribution is 2.14. The molecule has 16 heavy (non-hydrogen) atoms. The first-order valence-corrected chi connectivity index (χ1v) is 6.09. The Morgan fingerprint density at radius 1 is 1.31 bits per heavy atom. The Kier molecular flexibility index (Phi) is 4.01. The zero-order valence-electron chi connectivity index (χ0n) is 9.95. The third-order valence-electron chi connectivity index (χ3n) is 3.43. The molecule has 2 rings (SSSR count). The zero-order valence-corrected chi connectivity index (χ0v) is 9.95. The van der Waals surface area contributed by atoms with E-state index in [-0.39, 0.29) is 6.03 Å². The third kappa shape index (κ3) is 2.65. The van der Waals surface area contributed by atoms with Gasteiger partial charge in [0.1, 0.15) is 0 Å². The average molecular weight is 227 g/mol. The molecule has 0 aromatic heterocycles. The van der Waals surface area contributed by atoms with E-state index in [1.54, 1.807) is 0 Å². The van der Waals surface area contributed by atoms with Gasteiger partial charge < -0.3 is 19.9 Å². The first-order chi connectivity index (χ1) is 7.79. The molecule has 92 valence electrons. The molecular formula is C11H21N3O2. The van der Waals surface area contributed by atoms with Crippen LogP contribution >= 0.6 is 0 Å². The SMILES string of the molecule is CN(C(=O)N1CCNCC1)C1CCOCC1. The van der Waals surface area contributed by atoms with Gasteiger partial charge in [0.15, 0.2) is 0 Å². The highest BCUT2D eigenvalue weighted by atomic mass is 16.5. The molecule has 0 radical (unpaired) electrons. The Morgan fingerprint density at radius 3 is 2.56 bits per heavy atom. The molecule has 0 aromatic carbocycles. The van der Waals surface area contributed by atoms with Crippen LogP contribution in [-0.4, -0.2) is 68.3 Å². The number of carbonyl (C=O) groups excluding carboxylic acids is 1. The smallest absolute Gasteiger partial charge is 0.320 e.